The molecule has 0 saturated carbocycles. The zero-order valence-electron chi connectivity index (χ0n) is 9.72. The Bertz CT molecular complexity index is 657. The Hall–Kier alpha value is -2.15. The predicted octanol–water partition coefficient (Wildman–Crippen LogP) is 4.21. The standard InChI is InChI=1S/C16H13N/c1-12-9-13-5-2-3-7-15(13)16(10-12)14-6-4-8-17-11-14/h2-11H,1H3. The molecule has 1 nitrogen and oxygen atoms in total. The molecular weight excluding hydrogens is 206 g/mol. The fourth-order valence-electron chi connectivity index (χ4n) is 2.22. The van der Waals surface area contributed by atoms with E-state index in [-0.39, 0.29) is 0 Å². The molecule has 3 aromatic rings. The van der Waals surface area contributed by atoms with Crippen molar-refractivity contribution in [3.05, 3.63) is 66.5 Å². The second kappa shape index (κ2) is 4.02. The molecule has 0 spiro atoms. The first-order chi connectivity index (χ1) is 8.34. The molecular formula is C16H13N. The maximum Gasteiger partial charge on any atom is 0.0346 e. The summed E-state index contributed by atoms with van der Waals surface area (Å²) in [7, 11) is 0. The third kappa shape index (κ3) is 1.80. The van der Waals surface area contributed by atoms with E-state index >= 15 is 0 Å². The molecule has 0 bridgehead atoms. The SMILES string of the molecule is Cc1cc(-c2cccnc2)c2ccccc2c1. The minimum Gasteiger partial charge on any atom is -0.264 e. The smallest absolute Gasteiger partial charge is 0.0346 e. The van der Waals surface area contributed by atoms with Crippen LogP contribution in [0.1, 0.15) is 5.56 Å². The molecule has 0 N–H and O–H groups in total. The number of nitrogens with zero attached hydrogens (tertiary/aromatic N) is 1. The average Bonchev–Trinajstić information content (AvgIpc) is 2.39. The van der Waals surface area contributed by atoms with Crippen LogP contribution in [0.25, 0.3) is 21.9 Å². The number of hydrogen-bond donors (Lipinski definition) is 0. The molecule has 17 heavy (non-hydrogen) atoms. The van der Waals surface area contributed by atoms with Crippen LogP contribution in [0.4, 0.5) is 0 Å². The predicted molar refractivity (Wildman–Crippen MR) is 71.9 cm³/mol. The van der Waals surface area contributed by atoms with E-state index in [9.17, 15) is 0 Å². The van der Waals surface area contributed by atoms with Crippen molar-refractivity contribution < 1.29 is 0 Å². The van der Waals surface area contributed by atoms with Crippen molar-refractivity contribution in [1.82, 2.24) is 4.98 Å². The third-order valence-corrected chi connectivity index (χ3v) is 2.98. The molecule has 1 heteroatoms. The van der Waals surface area contributed by atoms with Crippen LogP contribution in [0.3, 0.4) is 0 Å². The van der Waals surface area contributed by atoms with Gasteiger partial charge in [-0.25, -0.2) is 0 Å². The van der Waals surface area contributed by atoms with E-state index in [0.717, 1.165) is 0 Å². The summed E-state index contributed by atoms with van der Waals surface area (Å²) in [6, 6.07) is 17.0. The molecule has 0 aliphatic rings. The monoisotopic (exact) mass is 219 g/mol. The number of fused-ring (bicyclic) bond motifs is 1. The fourth-order valence-corrected chi connectivity index (χ4v) is 2.22. The molecule has 0 fully saturated rings. The second-order valence-electron chi connectivity index (χ2n) is 4.28. The molecule has 0 radical (unpaired) electrons. The van der Waals surface area contributed by atoms with Gasteiger partial charge in [0, 0.05) is 18.0 Å². The first-order valence-electron chi connectivity index (χ1n) is 5.74. The molecule has 0 atom stereocenters. The van der Waals surface area contributed by atoms with Crippen molar-refractivity contribution in [2.45, 2.75) is 6.92 Å². The van der Waals surface area contributed by atoms with Crippen molar-refractivity contribution in [2.24, 2.45) is 0 Å². The van der Waals surface area contributed by atoms with Gasteiger partial charge in [-0.15, -0.1) is 0 Å². The van der Waals surface area contributed by atoms with Gasteiger partial charge in [0.05, 0.1) is 0 Å². The lowest BCUT2D eigenvalue weighted by Crippen LogP contribution is -1.84. The van der Waals surface area contributed by atoms with E-state index in [4.69, 9.17) is 0 Å². The van der Waals surface area contributed by atoms with Crippen LogP contribution in [-0.4, -0.2) is 4.98 Å². The van der Waals surface area contributed by atoms with Crippen LogP contribution in [0.15, 0.2) is 60.9 Å². The van der Waals surface area contributed by atoms with Crippen LogP contribution >= 0.6 is 0 Å². The molecule has 0 saturated heterocycles. The van der Waals surface area contributed by atoms with Crippen molar-refractivity contribution >= 4 is 10.8 Å². The van der Waals surface area contributed by atoms with Crippen LogP contribution in [0.5, 0.6) is 0 Å². The summed E-state index contributed by atoms with van der Waals surface area (Å²) >= 11 is 0. The zero-order chi connectivity index (χ0) is 11.7. The minimum atomic E-state index is 1.17. The zero-order valence-corrected chi connectivity index (χ0v) is 9.72. The van der Waals surface area contributed by atoms with Crippen LogP contribution in [0.2, 0.25) is 0 Å². The normalized spacial score (nSPS) is 10.6. The number of pyridine rings is 1. The molecule has 1 aromatic heterocycles. The molecule has 0 amide bonds. The minimum absolute atomic E-state index is 1.17. The largest absolute Gasteiger partial charge is 0.264 e. The van der Waals surface area contributed by atoms with Crippen molar-refractivity contribution in [3.8, 4) is 11.1 Å². The first kappa shape index (κ1) is 10.0. The summed E-state index contributed by atoms with van der Waals surface area (Å²) in [6.07, 6.45) is 3.72. The van der Waals surface area contributed by atoms with E-state index in [1.54, 1.807) is 0 Å². The van der Waals surface area contributed by atoms with Gasteiger partial charge in [0.1, 0.15) is 0 Å². The quantitative estimate of drug-likeness (QED) is 0.597. The van der Waals surface area contributed by atoms with Crippen molar-refractivity contribution in [1.29, 1.82) is 0 Å². The summed E-state index contributed by atoms with van der Waals surface area (Å²) in [6.45, 7) is 2.13. The fraction of sp³-hybridized carbons (Fsp3) is 0.0625. The summed E-state index contributed by atoms with van der Waals surface area (Å²) in [4.78, 5) is 4.20. The van der Waals surface area contributed by atoms with Gasteiger partial charge in [-0.3, -0.25) is 4.98 Å². The van der Waals surface area contributed by atoms with E-state index in [0.29, 0.717) is 0 Å². The Morgan fingerprint density at radius 1 is 0.941 bits per heavy atom. The summed E-state index contributed by atoms with van der Waals surface area (Å²) in [5.74, 6) is 0. The van der Waals surface area contributed by atoms with E-state index in [1.165, 1.54) is 27.5 Å². The van der Waals surface area contributed by atoms with E-state index < -0.39 is 0 Å². The summed E-state index contributed by atoms with van der Waals surface area (Å²) < 4.78 is 0. The molecule has 2 aromatic carbocycles. The molecule has 0 aliphatic heterocycles. The van der Waals surface area contributed by atoms with Crippen LogP contribution in [-0.2, 0) is 0 Å². The Kier molecular flexibility index (Phi) is 2.37. The first-order valence-corrected chi connectivity index (χ1v) is 5.74. The van der Waals surface area contributed by atoms with Crippen LogP contribution < -0.4 is 0 Å². The topological polar surface area (TPSA) is 12.9 Å². The molecule has 82 valence electrons. The van der Waals surface area contributed by atoms with E-state index in [1.807, 2.05) is 18.5 Å². The highest BCUT2D eigenvalue weighted by Crippen LogP contribution is 2.29. The highest BCUT2D eigenvalue weighted by atomic mass is 14.6. The van der Waals surface area contributed by atoms with Gasteiger partial charge in [-0.1, -0.05) is 42.5 Å². The number of aromatic nitrogens is 1. The van der Waals surface area contributed by atoms with Gasteiger partial charge in [0.25, 0.3) is 0 Å². The van der Waals surface area contributed by atoms with E-state index in [2.05, 4.69) is 54.4 Å². The third-order valence-electron chi connectivity index (χ3n) is 2.98. The molecule has 1 heterocycles. The number of rotatable bonds is 1. The number of aryl methyl sites for hydroxylation is 1. The van der Waals surface area contributed by atoms with Gasteiger partial charge >= 0.3 is 0 Å². The Morgan fingerprint density at radius 3 is 2.65 bits per heavy atom. The second-order valence-corrected chi connectivity index (χ2v) is 4.28. The Balaban J connectivity index is 2.36. The highest BCUT2D eigenvalue weighted by Gasteiger charge is 2.04. The lowest BCUT2D eigenvalue weighted by molar-refractivity contribution is 1.33. The lowest BCUT2D eigenvalue weighted by Gasteiger charge is -2.08. The maximum atomic E-state index is 4.20. The average molecular weight is 219 g/mol. The van der Waals surface area contributed by atoms with Gasteiger partial charge in [0.15, 0.2) is 0 Å². The molecule has 3 rings (SSSR count). The van der Waals surface area contributed by atoms with Gasteiger partial charge in [0.2, 0.25) is 0 Å². The Labute approximate surface area is 101 Å². The van der Waals surface area contributed by atoms with Crippen molar-refractivity contribution in [2.75, 3.05) is 0 Å². The van der Waals surface area contributed by atoms with Crippen LogP contribution in [0, 0.1) is 6.92 Å². The van der Waals surface area contributed by atoms with Gasteiger partial charge < -0.3 is 0 Å². The lowest BCUT2D eigenvalue weighted by atomic mass is 9.97. The van der Waals surface area contributed by atoms with Gasteiger partial charge in [-0.2, -0.15) is 0 Å². The Morgan fingerprint density at radius 2 is 1.82 bits per heavy atom. The summed E-state index contributed by atoms with van der Waals surface area (Å²) in [5, 5.41) is 2.57. The molecule has 0 aliphatic carbocycles. The summed E-state index contributed by atoms with van der Waals surface area (Å²) in [5.41, 5.74) is 3.71. The van der Waals surface area contributed by atoms with Gasteiger partial charge in [-0.05, 0) is 34.9 Å². The number of hydrogen-bond acceptors (Lipinski definition) is 1. The molecule has 0 unspecified atom stereocenters. The van der Waals surface area contributed by atoms with Crippen molar-refractivity contribution in [3.63, 3.8) is 0 Å². The number of benzene rings is 2. The maximum absolute atomic E-state index is 4.20. The highest BCUT2D eigenvalue weighted by molar-refractivity contribution is 5.97.